The molecule has 0 fully saturated rings. The molecule has 0 saturated heterocycles. The fourth-order valence-electron chi connectivity index (χ4n) is 1.67. The average Bonchev–Trinajstić information content (AvgIpc) is 2.85. The van der Waals surface area contributed by atoms with Gasteiger partial charge in [-0.15, -0.1) is 11.3 Å². The Kier molecular flexibility index (Phi) is 4.23. The number of rotatable bonds is 5. The van der Waals surface area contributed by atoms with E-state index in [0.29, 0.717) is 0 Å². The molecule has 0 aliphatic carbocycles. The van der Waals surface area contributed by atoms with Crippen LogP contribution in [0, 0.1) is 5.82 Å². The fourth-order valence-corrected chi connectivity index (χ4v) is 2.41. The Morgan fingerprint density at radius 2 is 2.12 bits per heavy atom. The van der Waals surface area contributed by atoms with E-state index in [0.717, 1.165) is 23.5 Å². The highest BCUT2D eigenvalue weighted by Gasteiger charge is 2.15. The van der Waals surface area contributed by atoms with Gasteiger partial charge in [-0.1, -0.05) is 19.1 Å². The summed E-state index contributed by atoms with van der Waals surface area (Å²) in [5.74, 6) is -0.206. The van der Waals surface area contributed by atoms with Crippen molar-refractivity contribution in [3.63, 3.8) is 0 Å². The SMILES string of the molecule is CCCNC(c1ccc(F)cc1)c1nccs1. The first-order chi connectivity index (χ1) is 8.31. The summed E-state index contributed by atoms with van der Waals surface area (Å²) >= 11 is 1.61. The molecule has 1 atom stereocenters. The van der Waals surface area contributed by atoms with Gasteiger partial charge in [0, 0.05) is 11.6 Å². The second-order valence-electron chi connectivity index (χ2n) is 3.81. The number of halogens is 1. The predicted octanol–water partition coefficient (Wildman–Crippen LogP) is 3.37. The lowest BCUT2D eigenvalue weighted by atomic mass is 10.1. The zero-order valence-corrected chi connectivity index (χ0v) is 10.5. The van der Waals surface area contributed by atoms with Crippen molar-refractivity contribution in [2.24, 2.45) is 0 Å². The van der Waals surface area contributed by atoms with Gasteiger partial charge in [-0.05, 0) is 30.7 Å². The molecule has 2 nitrogen and oxygen atoms in total. The zero-order valence-electron chi connectivity index (χ0n) is 9.69. The van der Waals surface area contributed by atoms with Gasteiger partial charge < -0.3 is 5.32 Å². The van der Waals surface area contributed by atoms with Crippen LogP contribution in [0.4, 0.5) is 4.39 Å². The third-order valence-electron chi connectivity index (χ3n) is 2.50. The molecule has 2 rings (SSSR count). The molecule has 1 N–H and O–H groups in total. The van der Waals surface area contributed by atoms with E-state index in [9.17, 15) is 4.39 Å². The van der Waals surface area contributed by atoms with Crippen LogP contribution in [0.1, 0.15) is 30.0 Å². The van der Waals surface area contributed by atoms with Gasteiger partial charge in [0.05, 0.1) is 6.04 Å². The van der Waals surface area contributed by atoms with Crippen molar-refractivity contribution in [3.8, 4) is 0 Å². The summed E-state index contributed by atoms with van der Waals surface area (Å²) in [4.78, 5) is 4.33. The smallest absolute Gasteiger partial charge is 0.123 e. The molecule has 1 aromatic heterocycles. The molecule has 0 saturated carbocycles. The van der Waals surface area contributed by atoms with Crippen molar-refractivity contribution >= 4 is 11.3 Å². The summed E-state index contributed by atoms with van der Waals surface area (Å²) in [6, 6.07) is 6.66. The van der Waals surface area contributed by atoms with Crippen molar-refractivity contribution in [3.05, 3.63) is 52.2 Å². The number of benzene rings is 1. The van der Waals surface area contributed by atoms with Crippen molar-refractivity contribution in [1.82, 2.24) is 10.3 Å². The van der Waals surface area contributed by atoms with Gasteiger partial charge in [0.2, 0.25) is 0 Å². The van der Waals surface area contributed by atoms with Crippen molar-refractivity contribution < 1.29 is 4.39 Å². The highest BCUT2D eigenvalue weighted by atomic mass is 32.1. The topological polar surface area (TPSA) is 24.9 Å². The lowest BCUT2D eigenvalue weighted by Gasteiger charge is -2.16. The molecule has 0 bridgehead atoms. The summed E-state index contributed by atoms with van der Waals surface area (Å²) in [5, 5.41) is 6.41. The van der Waals surface area contributed by atoms with Gasteiger partial charge >= 0.3 is 0 Å². The van der Waals surface area contributed by atoms with E-state index < -0.39 is 0 Å². The molecule has 2 aromatic rings. The number of hydrogen-bond donors (Lipinski definition) is 1. The standard InChI is InChI=1S/C13H15FN2S/c1-2-7-15-12(13-16-8-9-17-13)10-3-5-11(14)6-4-10/h3-6,8-9,12,15H,2,7H2,1H3. The van der Waals surface area contributed by atoms with Gasteiger partial charge in [-0.3, -0.25) is 0 Å². The minimum absolute atomic E-state index is 0.0653. The molecule has 1 unspecified atom stereocenters. The summed E-state index contributed by atoms with van der Waals surface area (Å²) in [6.07, 6.45) is 2.85. The van der Waals surface area contributed by atoms with Crippen molar-refractivity contribution in [1.29, 1.82) is 0 Å². The number of thiazole rings is 1. The third-order valence-corrected chi connectivity index (χ3v) is 3.34. The Hall–Kier alpha value is -1.26. The van der Waals surface area contributed by atoms with Crippen molar-refractivity contribution in [2.75, 3.05) is 6.54 Å². The monoisotopic (exact) mass is 250 g/mol. The minimum atomic E-state index is -0.206. The molecule has 0 aliphatic rings. The molecule has 0 amide bonds. The quantitative estimate of drug-likeness (QED) is 0.880. The van der Waals surface area contributed by atoms with E-state index in [1.807, 2.05) is 17.5 Å². The molecule has 90 valence electrons. The van der Waals surface area contributed by atoms with E-state index in [-0.39, 0.29) is 11.9 Å². The molecule has 17 heavy (non-hydrogen) atoms. The molecule has 0 spiro atoms. The van der Waals surface area contributed by atoms with E-state index in [2.05, 4.69) is 17.2 Å². The van der Waals surface area contributed by atoms with Crippen LogP contribution in [0.3, 0.4) is 0 Å². The summed E-state index contributed by atoms with van der Waals surface area (Å²) in [5.41, 5.74) is 1.05. The van der Waals surface area contributed by atoms with Crippen LogP contribution >= 0.6 is 11.3 Å². The first kappa shape index (κ1) is 12.2. The maximum Gasteiger partial charge on any atom is 0.123 e. The molecule has 1 aromatic carbocycles. The molecular formula is C13H15FN2S. The third kappa shape index (κ3) is 3.11. The van der Waals surface area contributed by atoms with Gasteiger partial charge in [0.15, 0.2) is 0 Å². The number of nitrogens with zero attached hydrogens (tertiary/aromatic N) is 1. The normalized spacial score (nSPS) is 12.6. The minimum Gasteiger partial charge on any atom is -0.304 e. The van der Waals surface area contributed by atoms with E-state index in [1.165, 1.54) is 12.1 Å². The lowest BCUT2D eigenvalue weighted by Crippen LogP contribution is -2.23. The second kappa shape index (κ2) is 5.89. The van der Waals surface area contributed by atoms with Gasteiger partial charge in [0.1, 0.15) is 10.8 Å². The zero-order chi connectivity index (χ0) is 12.1. The Morgan fingerprint density at radius 3 is 2.71 bits per heavy atom. The molecule has 0 aliphatic heterocycles. The number of aromatic nitrogens is 1. The summed E-state index contributed by atoms with van der Waals surface area (Å²) in [7, 11) is 0. The van der Waals surface area contributed by atoms with Crippen LogP contribution < -0.4 is 5.32 Å². The first-order valence-electron chi connectivity index (χ1n) is 5.69. The second-order valence-corrected chi connectivity index (χ2v) is 4.74. The van der Waals surface area contributed by atoms with Gasteiger partial charge in [-0.2, -0.15) is 0 Å². The Balaban J connectivity index is 2.23. The van der Waals surface area contributed by atoms with Crippen LogP contribution in [0.2, 0.25) is 0 Å². The Bertz CT molecular complexity index is 439. The summed E-state index contributed by atoms with van der Waals surface area (Å²) in [6.45, 7) is 3.04. The van der Waals surface area contributed by atoms with E-state index >= 15 is 0 Å². The highest BCUT2D eigenvalue weighted by molar-refractivity contribution is 7.09. The van der Waals surface area contributed by atoms with E-state index in [1.54, 1.807) is 17.5 Å². The predicted molar refractivity (Wildman–Crippen MR) is 68.7 cm³/mol. The van der Waals surface area contributed by atoms with Crippen LogP contribution in [0.5, 0.6) is 0 Å². The maximum atomic E-state index is 12.9. The van der Waals surface area contributed by atoms with Crippen molar-refractivity contribution in [2.45, 2.75) is 19.4 Å². The Morgan fingerprint density at radius 1 is 1.35 bits per heavy atom. The molecule has 4 heteroatoms. The van der Waals surface area contributed by atoms with Crippen LogP contribution in [0.25, 0.3) is 0 Å². The van der Waals surface area contributed by atoms with Crippen LogP contribution in [-0.2, 0) is 0 Å². The van der Waals surface area contributed by atoms with Gasteiger partial charge in [0.25, 0.3) is 0 Å². The average molecular weight is 250 g/mol. The van der Waals surface area contributed by atoms with E-state index in [4.69, 9.17) is 0 Å². The number of nitrogens with one attached hydrogen (secondary N) is 1. The fraction of sp³-hybridized carbons (Fsp3) is 0.308. The molecule has 0 radical (unpaired) electrons. The Labute approximate surface area is 105 Å². The summed E-state index contributed by atoms with van der Waals surface area (Å²) < 4.78 is 12.9. The molecule has 1 heterocycles. The lowest BCUT2D eigenvalue weighted by molar-refractivity contribution is 0.591. The first-order valence-corrected chi connectivity index (χ1v) is 6.57. The molecular weight excluding hydrogens is 235 g/mol. The van der Waals surface area contributed by atoms with Crippen LogP contribution in [-0.4, -0.2) is 11.5 Å². The highest BCUT2D eigenvalue weighted by Crippen LogP contribution is 2.23. The maximum absolute atomic E-state index is 12.9. The van der Waals surface area contributed by atoms with Crippen LogP contribution in [0.15, 0.2) is 35.8 Å². The number of hydrogen-bond acceptors (Lipinski definition) is 3. The largest absolute Gasteiger partial charge is 0.304 e. The van der Waals surface area contributed by atoms with Gasteiger partial charge in [-0.25, -0.2) is 9.37 Å².